The Morgan fingerprint density at radius 1 is 1.08 bits per heavy atom. The Labute approximate surface area is 139 Å². The molecule has 1 aliphatic rings. The number of rotatable bonds is 2. The topological polar surface area (TPSA) is 70.6 Å². The van der Waals surface area contributed by atoms with E-state index in [1.807, 2.05) is 0 Å². The van der Waals surface area contributed by atoms with E-state index >= 15 is 0 Å². The average Bonchev–Trinajstić information content (AvgIpc) is 2.84. The number of fused-ring (bicyclic) bond motifs is 1. The third kappa shape index (κ3) is 2.63. The van der Waals surface area contributed by atoms with Crippen LogP contribution < -0.4 is 0 Å². The number of benzene rings is 1. The molecule has 3 rings (SSSR count). The number of pyridine rings is 1. The molecule has 0 fully saturated rings. The zero-order valence-corrected chi connectivity index (χ0v) is 12.7. The van der Waals surface area contributed by atoms with Gasteiger partial charge in [0.2, 0.25) is 0 Å². The molecule has 3 amide bonds. The van der Waals surface area contributed by atoms with Gasteiger partial charge in [-0.25, -0.2) is 5.01 Å². The Balaban J connectivity index is 1.98. The van der Waals surface area contributed by atoms with Crippen molar-refractivity contribution < 1.29 is 27.6 Å². The van der Waals surface area contributed by atoms with E-state index in [1.54, 1.807) is 0 Å². The molecule has 6 nitrogen and oxygen atoms in total. The summed E-state index contributed by atoms with van der Waals surface area (Å²) in [5.41, 5.74) is -1.80. The summed E-state index contributed by atoms with van der Waals surface area (Å²) in [6.07, 6.45) is -3.13. The Hall–Kier alpha value is -3.23. The van der Waals surface area contributed by atoms with E-state index in [0.717, 1.165) is 19.4 Å². The lowest BCUT2D eigenvalue weighted by atomic mass is 10.1. The van der Waals surface area contributed by atoms with E-state index in [1.165, 1.54) is 24.3 Å². The van der Waals surface area contributed by atoms with Crippen molar-refractivity contribution in [3.63, 3.8) is 0 Å². The lowest BCUT2D eigenvalue weighted by Crippen LogP contribution is -2.47. The van der Waals surface area contributed by atoms with E-state index in [9.17, 15) is 27.6 Å². The van der Waals surface area contributed by atoms with Gasteiger partial charge in [0.1, 0.15) is 0 Å². The molecule has 0 atom stereocenters. The Kier molecular flexibility index (Phi) is 3.78. The van der Waals surface area contributed by atoms with Crippen LogP contribution in [0.4, 0.5) is 13.2 Å². The second kappa shape index (κ2) is 5.69. The monoisotopic (exact) mass is 349 g/mol. The van der Waals surface area contributed by atoms with Crippen LogP contribution in [0.25, 0.3) is 0 Å². The number of halogens is 3. The van der Waals surface area contributed by atoms with E-state index < -0.39 is 35.0 Å². The van der Waals surface area contributed by atoms with Gasteiger partial charge in [-0.3, -0.25) is 19.4 Å². The first-order valence-electron chi connectivity index (χ1n) is 7.00. The number of aromatic nitrogens is 1. The third-order valence-electron chi connectivity index (χ3n) is 3.72. The highest BCUT2D eigenvalue weighted by molar-refractivity contribution is 6.22. The van der Waals surface area contributed by atoms with Gasteiger partial charge in [-0.15, -0.1) is 0 Å². The molecule has 0 spiro atoms. The lowest BCUT2D eigenvalue weighted by Gasteiger charge is -2.26. The molecular weight excluding hydrogens is 339 g/mol. The van der Waals surface area contributed by atoms with Crippen LogP contribution in [0.2, 0.25) is 0 Å². The smallest absolute Gasteiger partial charge is 0.267 e. The molecule has 0 bridgehead atoms. The van der Waals surface area contributed by atoms with Crippen molar-refractivity contribution in [2.75, 3.05) is 7.05 Å². The van der Waals surface area contributed by atoms with Crippen LogP contribution >= 0.6 is 0 Å². The number of alkyl halides is 3. The van der Waals surface area contributed by atoms with Gasteiger partial charge in [-0.2, -0.15) is 18.2 Å². The van der Waals surface area contributed by atoms with Crippen LogP contribution in [0.3, 0.4) is 0 Å². The Bertz CT molecular complexity index is 860. The molecule has 0 saturated carbocycles. The van der Waals surface area contributed by atoms with Crippen molar-refractivity contribution >= 4 is 17.7 Å². The first kappa shape index (κ1) is 16.6. The van der Waals surface area contributed by atoms with Gasteiger partial charge in [-0.1, -0.05) is 12.1 Å². The number of hydrogen-bond donors (Lipinski definition) is 0. The SMILES string of the molecule is CN(C(=O)c1cnccc1C(F)(F)F)N1C(=O)c2ccccc2C1=O. The molecule has 0 N–H and O–H groups in total. The van der Waals surface area contributed by atoms with E-state index in [4.69, 9.17) is 0 Å². The van der Waals surface area contributed by atoms with Crippen molar-refractivity contribution in [2.24, 2.45) is 0 Å². The molecule has 0 saturated heterocycles. The second-order valence-electron chi connectivity index (χ2n) is 5.22. The van der Waals surface area contributed by atoms with Gasteiger partial charge >= 0.3 is 6.18 Å². The first-order valence-corrected chi connectivity index (χ1v) is 7.00. The molecule has 0 aliphatic carbocycles. The van der Waals surface area contributed by atoms with Crippen LogP contribution in [0.5, 0.6) is 0 Å². The van der Waals surface area contributed by atoms with E-state index in [-0.39, 0.29) is 11.1 Å². The molecule has 1 aromatic carbocycles. The van der Waals surface area contributed by atoms with Gasteiger partial charge < -0.3 is 0 Å². The second-order valence-corrected chi connectivity index (χ2v) is 5.22. The van der Waals surface area contributed by atoms with Crippen LogP contribution in [-0.2, 0) is 6.18 Å². The molecule has 128 valence electrons. The van der Waals surface area contributed by atoms with E-state index in [0.29, 0.717) is 16.1 Å². The first-order chi connectivity index (χ1) is 11.7. The fourth-order valence-electron chi connectivity index (χ4n) is 2.53. The van der Waals surface area contributed by atoms with Crippen LogP contribution in [0.15, 0.2) is 42.7 Å². The molecule has 1 aromatic heterocycles. The summed E-state index contributed by atoms with van der Waals surface area (Å²) in [5.74, 6) is -2.74. The number of hydrogen-bond acceptors (Lipinski definition) is 4. The fourth-order valence-corrected chi connectivity index (χ4v) is 2.53. The molecular formula is C16H10F3N3O3. The van der Waals surface area contributed by atoms with Crippen LogP contribution in [-0.4, -0.2) is 39.8 Å². The van der Waals surface area contributed by atoms with Gasteiger partial charge in [0.05, 0.1) is 22.3 Å². The summed E-state index contributed by atoms with van der Waals surface area (Å²) in [6, 6.07) is 6.54. The molecule has 25 heavy (non-hydrogen) atoms. The largest absolute Gasteiger partial charge is 0.417 e. The van der Waals surface area contributed by atoms with Crippen molar-refractivity contribution in [1.82, 2.24) is 15.0 Å². The molecule has 2 heterocycles. The maximum Gasteiger partial charge on any atom is 0.417 e. The van der Waals surface area contributed by atoms with Crippen LogP contribution in [0, 0.1) is 0 Å². The minimum Gasteiger partial charge on any atom is -0.267 e. The quantitative estimate of drug-likeness (QED) is 0.781. The van der Waals surface area contributed by atoms with Gasteiger partial charge in [0.15, 0.2) is 0 Å². The maximum atomic E-state index is 13.1. The number of carbonyl (C=O) groups is 3. The van der Waals surface area contributed by atoms with Crippen molar-refractivity contribution in [3.05, 3.63) is 65.0 Å². The predicted octanol–water partition coefficient (Wildman–Crippen LogP) is 2.38. The molecule has 0 radical (unpaired) electrons. The lowest BCUT2D eigenvalue weighted by molar-refractivity contribution is -0.138. The average molecular weight is 349 g/mol. The standard InChI is InChI=1S/C16H10F3N3O3/c1-21(13(23)11-8-20-7-6-12(11)16(17,18)19)22-14(24)9-4-2-3-5-10(9)15(22)25/h2-8H,1H3. The van der Waals surface area contributed by atoms with Crippen molar-refractivity contribution in [3.8, 4) is 0 Å². The third-order valence-corrected chi connectivity index (χ3v) is 3.72. The molecule has 2 aromatic rings. The summed E-state index contributed by atoms with van der Waals surface area (Å²) in [6.45, 7) is 0. The number of carbonyl (C=O) groups excluding carboxylic acids is 3. The minimum atomic E-state index is -4.78. The minimum absolute atomic E-state index is 0.0781. The van der Waals surface area contributed by atoms with E-state index in [2.05, 4.69) is 4.98 Å². The fraction of sp³-hybridized carbons (Fsp3) is 0.125. The van der Waals surface area contributed by atoms with Gasteiger partial charge in [0, 0.05) is 19.4 Å². The highest BCUT2D eigenvalue weighted by atomic mass is 19.4. The highest BCUT2D eigenvalue weighted by Gasteiger charge is 2.42. The highest BCUT2D eigenvalue weighted by Crippen LogP contribution is 2.32. The Morgan fingerprint density at radius 2 is 1.64 bits per heavy atom. The number of amides is 3. The van der Waals surface area contributed by atoms with Crippen molar-refractivity contribution in [2.45, 2.75) is 6.18 Å². The predicted molar refractivity (Wildman–Crippen MR) is 78.3 cm³/mol. The summed E-state index contributed by atoms with van der Waals surface area (Å²) < 4.78 is 39.2. The molecule has 1 aliphatic heterocycles. The summed E-state index contributed by atoms with van der Waals surface area (Å²) in [7, 11) is 1.05. The summed E-state index contributed by atoms with van der Waals surface area (Å²) >= 11 is 0. The van der Waals surface area contributed by atoms with Crippen LogP contribution in [0.1, 0.15) is 36.6 Å². The number of imide groups is 1. The summed E-state index contributed by atoms with van der Waals surface area (Å²) in [4.78, 5) is 40.7. The summed E-state index contributed by atoms with van der Waals surface area (Å²) in [5, 5.41) is 1.08. The normalized spacial score (nSPS) is 13.8. The zero-order valence-electron chi connectivity index (χ0n) is 12.7. The number of hydrazine groups is 1. The Morgan fingerprint density at radius 3 is 2.16 bits per heavy atom. The van der Waals surface area contributed by atoms with Gasteiger partial charge in [-0.05, 0) is 18.2 Å². The zero-order chi connectivity index (χ0) is 18.4. The molecule has 0 unspecified atom stereocenters. The number of nitrogens with zero attached hydrogens (tertiary/aromatic N) is 3. The van der Waals surface area contributed by atoms with Crippen molar-refractivity contribution in [1.29, 1.82) is 0 Å². The van der Waals surface area contributed by atoms with Gasteiger partial charge in [0.25, 0.3) is 17.7 Å². The molecule has 9 heteroatoms. The maximum absolute atomic E-state index is 13.1.